The zero-order valence-electron chi connectivity index (χ0n) is 19.8. The van der Waals surface area contributed by atoms with Crippen LogP contribution in [0.1, 0.15) is 54.6 Å². The van der Waals surface area contributed by atoms with Gasteiger partial charge < -0.3 is 14.6 Å². The van der Waals surface area contributed by atoms with Crippen LogP contribution in [0.4, 0.5) is 11.4 Å². The van der Waals surface area contributed by atoms with E-state index in [-0.39, 0.29) is 17.9 Å². The highest BCUT2D eigenvalue weighted by atomic mass is 16.3. The van der Waals surface area contributed by atoms with Crippen molar-refractivity contribution in [2.45, 2.75) is 46.6 Å². The van der Waals surface area contributed by atoms with E-state index in [2.05, 4.69) is 10.4 Å². The number of furan rings is 1. The molecule has 8 nitrogen and oxygen atoms in total. The van der Waals surface area contributed by atoms with E-state index in [1.807, 2.05) is 62.7 Å². The first-order valence-electron chi connectivity index (χ1n) is 11.5. The molecule has 0 radical (unpaired) electrons. The van der Waals surface area contributed by atoms with E-state index in [0.29, 0.717) is 40.9 Å². The first kappa shape index (κ1) is 21.9. The van der Waals surface area contributed by atoms with Gasteiger partial charge in [0.2, 0.25) is 5.91 Å². The predicted octanol–water partition coefficient (Wildman–Crippen LogP) is 5.27. The third-order valence-electron chi connectivity index (χ3n) is 6.11. The first-order chi connectivity index (χ1) is 16.3. The Morgan fingerprint density at radius 3 is 2.68 bits per heavy atom. The van der Waals surface area contributed by atoms with Crippen molar-refractivity contribution in [1.82, 2.24) is 14.8 Å². The fraction of sp³-hybridized carbons (Fsp3) is 0.308. The molecule has 1 aromatic carbocycles. The zero-order chi connectivity index (χ0) is 24.0. The highest BCUT2D eigenvalue weighted by molar-refractivity contribution is 6.13. The minimum Gasteiger partial charge on any atom is -0.466 e. The van der Waals surface area contributed by atoms with Gasteiger partial charge in [0.25, 0.3) is 5.91 Å². The Labute approximate surface area is 197 Å². The third kappa shape index (κ3) is 3.85. The minimum atomic E-state index is -0.264. The van der Waals surface area contributed by atoms with Gasteiger partial charge in [-0.25, -0.2) is 9.67 Å². The zero-order valence-corrected chi connectivity index (χ0v) is 19.8. The molecule has 0 saturated carbocycles. The Hall–Kier alpha value is -3.94. The van der Waals surface area contributed by atoms with Gasteiger partial charge in [-0.05, 0) is 64.4 Å². The van der Waals surface area contributed by atoms with Crippen LogP contribution >= 0.6 is 0 Å². The molecule has 1 fully saturated rings. The molecule has 8 heteroatoms. The summed E-state index contributed by atoms with van der Waals surface area (Å²) < 4.78 is 7.53. The fourth-order valence-corrected chi connectivity index (χ4v) is 4.48. The van der Waals surface area contributed by atoms with Crippen LogP contribution in [0.15, 0.2) is 47.0 Å². The summed E-state index contributed by atoms with van der Waals surface area (Å²) in [5, 5.41) is 8.17. The molecule has 4 aromatic rings. The average Bonchev–Trinajstić information content (AvgIpc) is 3.51. The Morgan fingerprint density at radius 2 is 2.00 bits per heavy atom. The summed E-state index contributed by atoms with van der Waals surface area (Å²) in [6.45, 7) is 8.53. The number of aryl methyl sites for hydroxylation is 2. The van der Waals surface area contributed by atoms with Gasteiger partial charge in [-0.2, -0.15) is 5.10 Å². The van der Waals surface area contributed by atoms with Crippen LogP contribution in [0.3, 0.4) is 0 Å². The van der Waals surface area contributed by atoms with Crippen molar-refractivity contribution in [1.29, 1.82) is 0 Å². The van der Waals surface area contributed by atoms with Crippen molar-refractivity contribution < 1.29 is 14.0 Å². The van der Waals surface area contributed by atoms with Crippen molar-refractivity contribution in [2.24, 2.45) is 0 Å². The van der Waals surface area contributed by atoms with Crippen LogP contribution < -0.4 is 10.2 Å². The molecule has 0 aliphatic carbocycles. The number of nitrogens with one attached hydrogen (secondary N) is 1. The second-order valence-electron chi connectivity index (χ2n) is 8.96. The molecule has 174 valence electrons. The van der Waals surface area contributed by atoms with Crippen LogP contribution in [0, 0.1) is 13.8 Å². The molecule has 4 heterocycles. The lowest BCUT2D eigenvalue weighted by Crippen LogP contribution is -2.23. The second kappa shape index (κ2) is 8.44. The van der Waals surface area contributed by atoms with Gasteiger partial charge in [0.05, 0.1) is 22.8 Å². The number of carbonyl (C=O) groups excluding carboxylic acids is 2. The van der Waals surface area contributed by atoms with Crippen LogP contribution in [-0.2, 0) is 4.79 Å². The Bertz CT molecular complexity index is 1420. The van der Waals surface area contributed by atoms with Gasteiger partial charge in [0, 0.05) is 35.9 Å². The fourth-order valence-electron chi connectivity index (χ4n) is 4.48. The second-order valence-corrected chi connectivity index (χ2v) is 8.96. The lowest BCUT2D eigenvalue weighted by Gasteiger charge is -2.17. The molecular formula is C26H27N5O3. The summed E-state index contributed by atoms with van der Waals surface area (Å²) in [5.74, 6) is 1.37. The van der Waals surface area contributed by atoms with E-state index in [0.717, 1.165) is 29.2 Å². The Kier molecular flexibility index (Phi) is 5.43. The summed E-state index contributed by atoms with van der Waals surface area (Å²) in [4.78, 5) is 32.2. The first-order valence-corrected chi connectivity index (χ1v) is 11.5. The number of pyridine rings is 1. The number of anilines is 2. The summed E-state index contributed by atoms with van der Waals surface area (Å²) in [6, 6.07) is 11.2. The van der Waals surface area contributed by atoms with E-state index >= 15 is 0 Å². The number of hydrogen-bond acceptors (Lipinski definition) is 5. The molecule has 34 heavy (non-hydrogen) atoms. The van der Waals surface area contributed by atoms with Crippen LogP contribution in [-0.4, -0.2) is 33.1 Å². The molecule has 1 N–H and O–H groups in total. The van der Waals surface area contributed by atoms with Crippen molar-refractivity contribution in [3.8, 4) is 11.3 Å². The minimum absolute atomic E-state index is 0.0815. The molecule has 0 spiro atoms. The average molecular weight is 458 g/mol. The highest BCUT2D eigenvalue weighted by Gasteiger charge is 2.23. The molecule has 1 aliphatic rings. The number of hydrogen-bond donors (Lipinski definition) is 1. The SMILES string of the molecule is Cc1cc(-c2cc(C(=O)Nc3cccc(N4CCCC4=O)c3)c3cnn(C(C)C)c3n2)c(C)o1. The maximum Gasteiger partial charge on any atom is 0.256 e. The van der Waals surface area contributed by atoms with Crippen molar-refractivity contribution in [3.63, 3.8) is 0 Å². The summed E-state index contributed by atoms with van der Waals surface area (Å²) in [6.07, 6.45) is 3.09. The normalized spacial score (nSPS) is 13.9. The van der Waals surface area contributed by atoms with E-state index < -0.39 is 0 Å². The summed E-state index contributed by atoms with van der Waals surface area (Å²) in [7, 11) is 0. The maximum atomic E-state index is 13.5. The quantitative estimate of drug-likeness (QED) is 0.441. The number of benzene rings is 1. The van der Waals surface area contributed by atoms with Gasteiger partial charge in [-0.1, -0.05) is 6.07 Å². The predicted molar refractivity (Wildman–Crippen MR) is 131 cm³/mol. The van der Waals surface area contributed by atoms with Crippen molar-refractivity contribution >= 4 is 34.2 Å². The number of fused-ring (bicyclic) bond motifs is 1. The number of amides is 2. The standard InChI is InChI=1S/C26H27N5O3/c1-15(2)31-25-22(14-27-31)21(13-23(29-25)20-11-16(3)34-17(20)4)26(33)28-18-7-5-8-19(12-18)30-10-6-9-24(30)32/h5,7-8,11-15H,6,9-10H2,1-4H3,(H,28,33). The van der Waals surface area contributed by atoms with Gasteiger partial charge >= 0.3 is 0 Å². The monoisotopic (exact) mass is 457 g/mol. The molecule has 5 rings (SSSR count). The number of aromatic nitrogens is 3. The van der Waals surface area contributed by atoms with Crippen LogP contribution in [0.25, 0.3) is 22.3 Å². The summed E-state index contributed by atoms with van der Waals surface area (Å²) >= 11 is 0. The molecule has 2 amide bonds. The van der Waals surface area contributed by atoms with Crippen molar-refractivity contribution in [2.75, 3.05) is 16.8 Å². The molecular weight excluding hydrogens is 430 g/mol. The molecule has 0 unspecified atom stereocenters. The molecule has 1 aliphatic heterocycles. The largest absolute Gasteiger partial charge is 0.466 e. The van der Waals surface area contributed by atoms with Gasteiger partial charge in [-0.15, -0.1) is 0 Å². The Balaban J connectivity index is 1.56. The van der Waals surface area contributed by atoms with E-state index in [1.54, 1.807) is 17.2 Å². The summed E-state index contributed by atoms with van der Waals surface area (Å²) in [5.41, 5.74) is 4.05. The highest BCUT2D eigenvalue weighted by Crippen LogP contribution is 2.31. The molecule has 0 bridgehead atoms. The van der Waals surface area contributed by atoms with Crippen LogP contribution in [0.5, 0.6) is 0 Å². The smallest absolute Gasteiger partial charge is 0.256 e. The van der Waals surface area contributed by atoms with Gasteiger partial charge in [0.1, 0.15) is 11.5 Å². The number of nitrogens with zero attached hydrogens (tertiary/aromatic N) is 4. The van der Waals surface area contributed by atoms with E-state index in [9.17, 15) is 9.59 Å². The lowest BCUT2D eigenvalue weighted by molar-refractivity contribution is -0.117. The van der Waals surface area contributed by atoms with Crippen LogP contribution in [0.2, 0.25) is 0 Å². The maximum absolute atomic E-state index is 13.5. The number of carbonyl (C=O) groups is 2. The Morgan fingerprint density at radius 1 is 1.18 bits per heavy atom. The van der Waals surface area contributed by atoms with E-state index in [1.165, 1.54) is 0 Å². The molecule has 1 saturated heterocycles. The van der Waals surface area contributed by atoms with Crippen molar-refractivity contribution in [3.05, 3.63) is 59.7 Å². The van der Waals surface area contributed by atoms with Gasteiger partial charge in [-0.3, -0.25) is 9.59 Å². The molecule has 0 atom stereocenters. The molecule has 3 aromatic heterocycles. The lowest BCUT2D eigenvalue weighted by atomic mass is 10.1. The number of rotatable bonds is 5. The topological polar surface area (TPSA) is 93.3 Å². The van der Waals surface area contributed by atoms with E-state index in [4.69, 9.17) is 9.40 Å². The third-order valence-corrected chi connectivity index (χ3v) is 6.11. The van der Waals surface area contributed by atoms with Gasteiger partial charge in [0.15, 0.2) is 5.65 Å².